The number of nitrogens with zero attached hydrogens (tertiary/aromatic N) is 1. The van der Waals surface area contributed by atoms with Crippen LogP contribution in [0.15, 0.2) is 79.0 Å². The normalized spacial score (nSPS) is 12.7. The molecule has 0 aliphatic rings. The third-order valence-electron chi connectivity index (χ3n) is 6.25. The fourth-order valence-electron chi connectivity index (χ4n) is 4.03. The average Bonchev–Trinajstić information content (AvgIpc) is 3.16. The first-order chi connectivity index (χ1) is 15.0. The number of hydrogen-bond donors (Lipinski definition) is 0. The van der Waals surface area contributed by atoms with Gasteiger partial charge in [-0.1, -0.05) is 51.1 Å². The number of benzene rings is 3. The maximum Gasteiger partial charge on any atom is 0.123 e. The molecule has 5 aromatic rings. The van der Waals surface area contributed by atoms with Crippen LogP contribution in [-0.4, -0.2) is 4.98 Å². The molecule has 5 rings (SSSR count). The largest absolute Gasteiger partial charge is 0.256 e. The third-order valence-corrected chi connectivity index (χ3v) is 7.39. The van der Waals surface area contributed by atoms with Crippen molar-refractivity contribution in [3.8, 4) is 22.4 Å². The first kappa shape index (κ1) is 19.9. The number of fused-ring (bicyclic) bond motifs is 3. The molecule has 3 aromatic carbocycles. The second kappa shape index (κ2) is 7.90. The molecule has 31 heavy (non-hydrogen) atoms. The molecule has 0 aliphatic heterocycles. The van der Waals surface area contributed by atoms with Crippen LogP contribution in [0.5, 0.6) is 0 Å². The molecule has 0 spiro atoms. The van der Waals surface area contributed by atoms with Crippen LogP contribution in [-0.2, 0) is 0 Å². The van der Waals surface area contributed by atoms with Crippen molar-refractivity contribution in [2.24, 2.45) is 5.92 Å². The van der Waals surface area contributed by atoms with Crippen LogP contribution in [0.3, 0.4) is 0 Å². The molecule has 2 aromatic heterocycles. The number of rotatable bonds is 4. The molecule has 0 N–H and O–H groups in total. The van der Waals surface area contributed by atoms with Gasteiger partial charge in [-0.25, -0.2) is 4.39 Å². The molecule has 154 valence electrons. The van der Waals surface area contributed by atoms with Crippen molar-refractivity contribution >= 4 is 31.5 Å². The summed E-state index contributed by atoms with van der Waals surface area (Å²) in [6.07, 6.45) is 1.93. The standard InChI is InChI=1S/C28H24FNS/c1-17(2)18(3)20-12-13-30-26(15-20)22-7-11-27-25(14-22)24-10-6-21(16-28(24)31-27)19-4-8-23(29)9-5-19/h4-18H,1-3H3. The molecule has 0 fully saturated rings. The zero-order chi connectivity index (χ0) is 21.5. The van der Waals surface area contributed by atoms with E-state index in [-0.39, 0.29) is 5.82 Å². The Morgan fingerprint density at radius 3 is 2.23 bits per heavy atom. The Kier molecular flexibility index (Phi) is 5.07. The highest BCUT2D eigenvalue weighted by atomic mass is 32.1. The molecule has 0 radical (unpaired) electrons. The van der Waals surface area contributed by atoms with Gasteiger partial charge in [0.2, 0.25) is 0 Å². The van der Waals surface area contributed by atoms with Gasteiger partial charge in [-0.3, -0.25) is 4.98 Å². The van der Waals surface area contributed by atoms with E-state index in [1.807, 2.05) is 18.3 Å². The van der Waals surface area contributed by atoms with Gasteiger partial charge < -0.3 is 0 Å². The average molecular weight is 426 g/mol. The van der Waals surface area contributed by atoms with Crippen LogP contribution in [0.1, 0.15) is 32.3 Å². The van der Waals surface area contributed by atoms with Crippen molar-refractivity contribution in [1.82, 2.24) is 4.98 Å². The molecule has 1 unspecified atom stereocenters. The SMILES string of the molecule is CC(C)C(C)c1ccnc(-c2ccc3sc4cc(-c5ccc(F)cc5)ccc4c3c2)c1. The predicted octanol–water partition coefficient (Wildman–Crippen LogP) is 8.68. The molecule has 3 heteroatoms. The highest BCUT2D eigenvalue weighted by Gasteiger charge is 2.13. The van der Waals surface area contributed by atoms with Crippen LogP contribution >= 0.6 is 11.3 Å². The fourth-order valence-corrected chi connectivity index (χ4v) is 5.16. The fraction of sp³-hybridized carbons (Fsp3) is 0.179. The predicted molar refractivity (Wildman–Crippen MR) is 131 cm³/mol. The van der Waals surface area contributed by atoms with Crippen molar-refractivity contribution in [3.05, 3.63) is 90.4 Å². The summed E-state index contributed by atoms with van der Waals surface area (Å²) in [5, 5.41) is 2.51. The zero-order valence-electron chi connectivity index (χ0n) is 17.9. The van der Waals surface area contributed by atoms with E-state index in [0.717, 1.165) is 22.4 Å². The van der Waals surface area contributed by atoms with Gasteiger partial charge >= 0.3 is 0 Å². The lowest BCUT2D eigenvalue weighted by Gasteiger charge is -2.16. The van der Waals surface area contributed by atoms with Crippen molar-refractivity contribution in [2.75, 3.05) is 0 Å². The molecule has 0 saturated heterocycles. The van der Waals surface area contributed by atoms with Crippen LogP contribution < -0.4 is 0 Å². The van der Waals surface area contributed by atoms with Crippen LogP contribution in [0.2, 0.25) is 0 Å². The van der Waals surface area contributed by atoms with Gasteiger partial charge in [-0.05, 0) is 71.0 Å². The molecular formula is C28H24FNS. The minimum absolute atomic E-state index is 0.209. The minimum atomic E-state index is -0.209. The van der Waals surface area contributed by atoms with E-state index in [9.17, 15) is 4.39 Å². The summed E-state index contributed by atoms with van der Waals surface area (Å²) in [5.74, 6) is 0.880. The maximum absolute atomic E-state index is 13.3. The summed E-state index contributed by atoms with van der Waals surface area (Å²) in [7, 11) is 0. The molecule has 1 nitrogen and oxygen atoms in total. The van der Waals surface area contributed by atoms with Crippen LogP contribution in [0, 0.1) is 11.7 Å². The van der Waals surface area contributed by atoms with Crippen LogP contribution in [0.25, 0.3) is 42.6 Å². The Hall–Kier alpha value is -3.04. The lowest BCUT2D eigenvalue weighted by atomic mass is 9.90. The first-order valence-electron chi connectivity index (χ1n) is 10.7. The topological polar surface area (TPSA) is 12.9 Å². The molecule has 2 heterocycles. The molecule has 0 aliphatic carbocycles. The lowest BCUT2D eigenvalue weighted by molar-refractivity contribution is 0.535. The quantitative estimate of drug-likeness (QED) is 0.281. The highest BCUT2D eigenvalue weighted by Crippen LogP contribution is 2.38. The Bertz CT molecular complexity index is 1380. The van der Waals surface area contributed by atoms with E-state index in [1.165, 1.54) is 37.9 Å². The third kappa shape index (κ3) is 3.75. The van der Waals surface area contributed by atoms with Crippen molar-refractivity contribution < 1.29 is 4.39 Å². The number of hydrogen-bond acceptors (Lipinski definition) is 2. The summed E-state index contributed by atoms with van der Waals surface area (Å²) >= 11 is 1.80. The van der Waals surface area contributed by atoms with Crippen molar-refractivity contribution in [1.29, 1.82) is 0 Å². The molecule has 1 atom stereocenters. The molecule has 0 bridgehead atoms. The molecular weight excluding hydrogens is 401 g/mol. The van der Waals surface area contributed by atoms with Gasteiger partial charge in [0.05, 0.1) is 5.69 Å². The number of thiophene rings is 1. The summed E-state index contributed by atoms with van der Waals surface area (Å²) in [6, 6.07) is 24.2. The Balaban J connectivity index is 1.58. The smallest absolute Gasteiger partial charge is 0.123 e. The molecule has 0 amide bonds. The zero-order valence-corrected chi connectivity index (χ0v) is 18.7. The summed E-state index contributed by atoms with van der Waals surface area (Å²) < 4.78 is 15.8. The Morgan fingerprint density at radius 1 is 0.710 bits per heavy atom. The van der Waals surface area contributed by atoms with E-state index in [4.69, 9.17) is 0 Å². The van der Waals surface area contributed by atoms with E-state index in [1.54, 1.807) is 11.3 Å². The van der Waals surface area contributed by atoms with Crippen LogP contribution in [0.4, 0.5) is 4.39 Å². The highest BCUT2D eigenvalue weighted by molar-refractivity contribution is 7.25. The van der Waals surface area contributed by atoms with Crippen molar-refractivity contribution in [2.45, 2.75) is 26.7 Å². The van der Waals surface area contributed by atoms with Gasteiger partial charge in [0.1, 0.15) is 5.82 Å². The minimum Gasteiger partial charge on any atom is -0.256 e. The van der Waals surface area contributed by atoms with Gasteiger partial charge in [0.15, 0.2) is 0 Å². The summed E-state index contributed by atoms with van der Waals surface area (Å²) in [5.41, 5.74) is 5.64. The van der Waals surface area contributed by atoms with Gasteiger partial charge in [-0.2, -0.15) is 0 Å². The maximum atomic E-state index is 13.3. The van der Waals surface area contributed by atoms with Crippen molar-refractivity contribution in [3.63, 3.8) is 0 Å². The summed E-state index contributed by atoms with van der Waals surface area (Å²) in [4.78, 5) is 4.66. The monoisotopic (exact) mass is 425 g/mol. The van der Waals surface area contributed by atoms with Gasteiger partial charge in [0, 0.05) is 31.9 Å². The second-order valence-corrected chi connectivity index (χ2v) is 9.62. The van der Waals surface area contributed by atoms with E-state index in [0.29, 0.717) is 11.8 Å². The number of aromatic nitrogens is 1. The van der Waals surface area contributed by atoms with Gasteiger partial charge in [-0.15, -0.1) is 11.3 Å². The summed E-state index contributed by atoms with van der Waals surface area (Å²) in [6.45, 7) is 6.79. The van der Waals surface area contributed by atoms with E-state index < -0.39 is 0 Å². The Morgan fingerprint density at radius 2 is 1.45 bits per heavy atom. The first-order valence-corrected chi connectivity index (χ1v) is 11.5. The molecule has 0 saturated carbocycles. The number of halogens is 1. The van der Waals surface area contributed by atoms with E-state index in [2.05, 4.69) is 74.3 Å². The Labute approximate surface area is 186 Å². The van der Waals surface area contributed by atoms with Gasteiger partial charge in [0.25, 0.3) is 0 Å². The lowest BCUT2D eigenvalue weighted by Crippen LogP contribution is -2.02. The number of pyridine rings is 1. The second-order valence-electron chi connectivity index (χ2n) is 8.54. The van der Waals surface area contributed by atoms with E-state index >= 15 is 0 Å².